The van der Waals surface area contributed by atoms with Crippen molar-refractivity contribution in [1.82, 2.24) is 10.3 Å². The van der Waals surface area contributed by atoms with Gasteiger partial charge in [0.1, 0.15) is 0 Å². The average Bonchev–Trinajstić information content (AvgIpc) is 2.88. The molecule has 1 N–H and O–H groups in total. The van der Waals surface area contributed by atoms with Crippen LogP contribution in [0.15, 0.2) is 10.4 Å². The molecular formula is C11H13N3O3S2. The van der Waals surface area contributed by atoms with E-state index in [9.17, 15) is 9.59 Å². The highest BCUT2D eigenvalue weighted by atomic mass is 32.2. The van der Waals surface area contributed by atoms with Crippen molar-refractivity contribution in [3.8, 4) is 0 Å². The van der Waals surface area contributed by atoms with Crippen LogP contribution in [0, 0.1) is 0 Å². The third-order valence-corrected chi connectivity index (χ3v) is 4.02. The van der Waals surface area contributed by atoms with Gasteiger partial charge < -0.3 is 10.1 Å². The van der Waals surface area contributed by atoms with Crippen LogP contribution in [-0.2, 0) is 20.7 Å². The Morgan fingerprint density at radius 1 is 1.63 bits per heavy atom. The van der Waals surface area contributed by atoms with E-state index in [1.165, 1.54) is 23.1 Å². The average molecular weight is 299 g/mol. The molecule has 0 spiro atoms. The van der Waals surface area contributed by atoms with E-state index in [0.717, 1.165) is 0 Å². The SMILES string of the molecule is CCOC(=O)Cc1csc(/N=C2/NC(=O)C(C)S2)n1. The van der Waals surface area contributed by atoms with Crippen molar-refractivity contribution in [1.29, 1.82) is 0 Å². The normalized spacial score (nSPS) is 20.6. The van der Waals surface area contributed by atoms with Crippen LogP contribution in [0.3, 0.4) is 0 Å². The molecular weight excluding hydrogens is 286 g/mol. The Labute approximate surface area is 118 Å². The highest BCUT2D eigenvalue weighted by Crippen LogP contribution is 2.25. The Morgan fingerprint density at radius 3 is 3.05 bits per heavy atom. The summed E-state index contributed by atoms with van der Waals surface area (Å²) in [4.78, 5) is 31.1. The van der Waals surface area contributed by atoms with Crippen molar-refractivity contribution in [3.63, 3.8) is 0 Å². The highest BCUT2D eigenvalue weighted by Gasteiger charge is 2.26. The van der Waals surface area contributed by atoms with Crippen LogP contribution < -0.4 is 5.32 Å². The number of carbonyl (C=O) groups excluding carboxylic acids is 2. The smallest absolute Gasteiger partial charge is 0.311 e. The van der Waals surface area contributed by atoms with E-state index in [1.54, 1.807) is 12.3 Å². The van der Waals surface area contributed by atoms with E-state index in [-0.39, 0.29) is 23.5 Å². The number of amides is 1. The lowest BCUT2D eigenvalue weighted by Crippen LogP contribution is -2.23. The minimum Gasteiger partial charge on any atom is -0.466 e. The van der Waals surface area contributed by atoms with Crippen LogP contribution in [0.25, 0.3) is 0 Å². The molecule has 1 atom stereocenters. The first-order chi connectivity index (χ1) is 9.08. The summed E-state index contributed by atoms with van der Waals surface area (Å²) in [6.07, 6.45) is 0.144. The summed E-state index contributed by atoms with van der Waals surface area (Å²) in [7, 11) is 0. The topological polar surface area (TPSA) is 80.6 Å². The van der Waals surface area contributed by atoms with Crippen molar-refractivity contribution < 1.29 is 14.3 Å². The Morgan fingerprint density at radius 2 is 2.42 bits per heavy atom. The summed E-state index contributed by atoms with van der Waals surface area (Å²) >= 11 is 2.69. The lowest BCUT2D eigenvalue weighted by atomic mass is 10.3. The molecule has 2 heterocycles. The summed E-state index contributed by atoms with van der Waals surface area (Å²) < 4.78 is 4.85. The second kappa shape index (κ2) is 6.16. The number of nitrogens with one attached hydrogen (secondary N) is 1. The van der Waals surface area contributed by atoms with Gasteiger partial charge >= 0.3 is 5.97 Å². The maximum absolute atomic E-state index is 11.3. The quantitative estimate of drug-likeness (QED) is 0.852. The van der Waals surface area contributed by atoms with Gasteiger partial charge in [-0.1, -0.05) is 11.8 Å². The molecule has 1 amide bonds. The number of aliphatic imine (C=N–C) groups is 1. The molecule has 19 heavy (non-hydrogen) atoms. The van der Waals surface area contributed by atoms with E-state index >= 15 is 0 Å². The van der Waals surface area contributed by atoms with Gasteiger partial charge in [0.05, 0.1) is 24.0 Å². The molecule has 6 nitrogen and oxygen atoms in total. The van der Waals surface area contributed by atoms with Crippen molar-refractivity contribution in [2.45, 2.75) is 25.5 Å². The molecule has 0 bridgehead atoms. The van der Waals surface area contributed by atoms with Gasteiger partial charge in [-0.15, -0.1) is 11.3 Å². The molecule has 2 rings (SSSR count). The van der Waals surface area contributed by atoms with Gasteiger partial charge in [-0.3, -0.25) is 9.59 Å². The molecule has 1 aromatic rings. The van der Waals surface area contributed by atoms with Crippen LogP contribution >= 0.6 is 23.1 Å². The number of hydrogen-bond donors (Lipinski definition) is 1. The van der Waals surface area contributed by atoms with Crippen molar-refractivity contribution in [2.75, 3.05) is 6.61 Å². The van der Waals surface area contributed by atoms with E-state index in [2.05, 4.69) is 15.3 Å². The number of amidine groups is 1. The second-order valence-electron chi connectivity index (χ2n) is 3.77. The molecule has 0 aromatic carbocycles. The molecule has 1 unspecified atom stereocenters. The maximum atomic E-state index is 11.3. The summed E-state index contributed by atoms with van der Waals surface area (Å²) in [5.41, 5.74) is 0.630. The van der Waals surface area contributed by atoms with E-state index < -0.39 is 0 Å². The van der Waals surface area contributed by atoms with Gasteiger partial charge in [-0.25, -0.2) is 4.98 Å². The standard InChI is InChI=1S/C11H13N3O3S2/c1-3-17-8(15)4-7-5-18-10(12-7)14-11-13-9(16)6(2)19-11/h5-6H,3-4H2,1-2H3,(H,12,13,14,16). The van der Waals surface area contributed by atoms with E-state index in [0.29, 0.717) is 22.6 Å². The Bertz CT molecular complexity index is 527. The lowest BCUT2D eigenvalue weighted by Gasteiger charge is -1.97. The Kier molecular flexibility index (Phi) is 4.54. The zero-order valence-electron chi connectivity index (χ0n) is 10.5. The zero-order chi connectivity index (χ0) is 13.8. The first-order valence-electron chi connectivity index (χ1n) is 5.74. The van der Waals surface area contributed by atoms with Crippen LogP contribution in [-0.4, -0.2) is 33.9 Å². The van der Waals surface area contributed by atoms with Crippen LogP contribution in [0.4, 0.5) is 5.13 Å². The van der Waals surface area contributed by atoms with Crippen LogP contribution in [0.5, 0.6) is 0 Å². The zero-order valence-corrected chi connectivity index (χ0v) is 12.1. The van der Waals surface area contributed by atoms with Gasteiger partial charge in [0, 0.05) is 5.38 Å². The molecule has 0 radical (unpaired) electrons. The number of hydrogen-bond acceptors (Lipinski definition) is 7. The summed E-state index contributed by atoms with van der Waals surface area (Å²) in [5, 5.41) is 5.38. The third kappa shape index (κ3) is 3.77. The molecule has 0 saturated carbocycles. The predicted molar refractivity (Wildman–Crippen MR) is 74.7 cm³/mol. The number of ether oxygens (including phenoxy) is 1. The first kappa shape index (κ1) is 14.0. The van der Waals surface area contributed by atoms with E-state index in [4.69, 9.17) is 4.74 Å². The second-order valence-corrected chi connectivity index (χ2v) is 5.94. The monoisotopic (exact) mass is 299 g/mol. The fourth-order valence-electron chi connectivity index (χ4n) is 1.39. The van der Waals surface area contributed by atoms with E-state index in [1.807, 2.05) is 6.92 Å². The largest absolute Gasteiger partial charge is 0.466 e. The summed E-state index contributed by atoms with van der Waals surface area (Å²) in [5.74, 6) is -0.351. The van der Waals surface area contributed by atoms with Crippen LogP contribution in [0.2, 0.25) is 0 Å². The van der Waals surface area contributed by atoms with Gasteiger partial charge in [0.2, 0.25) is 11.0 Å². The number of thiazole rings is 1. The van der Waals surface area contributed by atoms with Crippen LogP contribution in [0.1, 0.15) is 19.5 Å². The number of rotatable bonds is 4. The third-order valence-electron chi connectivity index (χ3n) is 2.26. The first-order valence-corrected chi connectivity index (χ1v) is 7.50. The molecule has 1 fully saturated rings. The lowest BCUT2D eigenvalue weighted by molar-refractivity contribution is -0.142. The fraction of sp³-hybridized carbons (Fsp3) is 0.455. The Balaban J connectivity index is 2.00. The number of carbonyl (C=O) groups is 2. The Hall–Kier alpha value is -1.41. The maximum Gasteiger partial charge on any atom is 0.311 e. The minimum atomic E-state index is -0.302. The van der Waals surface area contributed by atoms with Crippen molar-refractivity contribution >= 4 is 45.3 Å². The number of nitrogens with zero attached hydrogens (tertiary/aromatic N) is 2. The molecule has 1 aliphatic heterocycles. The van der Waals surface area contributed by atoms with Crippen molar-refractivity contribution in [2.24, 2.45) is 4.99 Å². The number of esters is 1. The predicted octanol–water partition coefficient (Wildman–Crippen LogP) is 1.49. The molecule has 1 saturated heterocycles. The fourth-order valence-corrected chi connectivity index (χ4v) is 2.94. The minimum absolute atomic E-state index is 0.0490. The molecule has 1 aliphatic rings. The van der Waals surface area contributed by atoms with Gasteiger partial charge in [-0.2, -0.15) is 4.99 Å². The molecule has 0 aliphatic carbocycles. The highest BCUT2D eigenvalue weighted by molar-refractivity contribution is 8.15. The van der Waals surface area contributed by atoms with Gasteiger partial charge in [0.15, 0.2) is 5.17 Å². The number of thioether (sulfide) groups is 1. The molecule has 8 heteroatoms. The number of aromatic nitrogens is 1. The summed E-state index contributed by atoms with van der Waals surface area (Å²) in [6.45, 7) is 3.94. The summed E-state index contributed by atoms with van der Waals surface area (Å²) in [6, 6.07) is 0. The van der Waals surface area contributed by atoms with Gasteiger partial charge in [0.25, 0.3) is 0 Å². The molecule has 1 aromatic heterocycles. The van der Waals surface area contributed by atoms with Gasteiger partial charge in [-0.05, 0) is 13.8 Å². The van der Waals surface area contributed by atoms with Crippen molar-refractivity contribution in [3.05, 3.63) is 11.1 Å². The molecule has 102 valence electrons.